The largest absolute Gasteiger partial charge is 0.490 e. The highest BCUT2D eigenvalue weighted by atomic mass is 35.5. The third-order valence-corrected chi connectivity index (χ3v) is 7.52. The van der Waals surface area contributed by atoms with Gasteiger partial charge in [0.15, 0.2) is 0 Å². The molecule has 0 spiro atoms. The Balaban J connectivity index is 1.26. The van der Waals surface area contributed by atoms with Gasteiger partial charge in [0.25, 0.3) is 0 Å². The lowest BCUT2D eigenvalue weighted by molar-refractivity contribution is 0.143. The first-order valence-corrected chi connectivity index (χ1v) is 12.1. The van der Waals surface area contributed by atoms with Crippen molar-refractivity contribution in [3.63, 3.8) is 0 Å². The van der Waals surface area contributed by atoms with Gasteiger partial charge in [0.05, 0.1) is 35.2 Å². The lowest BCUT2D eigenvalue weighted by Gasteiger charge is -2.30. The maximum Gasteiger partial charge on any atom is 0.120 e. The number of fused-ring (bicyclic) bond motifs is 4. The lowest BCUT2D eigenvalue weighted by atomic mass is 9.81. The van der Waals surface area contributed by atoms with Crippen molar-refractivity contribution in [2.45, 2.75) is 38.3 Å². The van der Waals surface area contributed by atoms with Gasteiger partial charge in [0.2, 0.25) is 0 Å². The number of likely N-dealkylation sites (N-methyl/N-ethyl adjacent to an activating group) is 1. The number of anilines is 1. The van der Waals surface area contributed by atoms with Crippen molar-refractivity contribution in [2.75, 3.05) is 18.5 Å². The molecule has 1 aliphatic carbocycles. The number of aromatic amines is 1. The zero-order valence-electron chi connectivity index (χ0n) is 18.7. The fraction of sp³-hybridized carbons (Fsp3) is 0.333. The molecule has 1 aromatic heterocycles. The molecule has 33 heavy (non-hydrogen) atoms. The van der Waals surface area contributed by atoms with Crippen LogP contribution in [0.4, 0.5) is 5.69 Å². The van der Waals surface area contributed by atoms with Crippen LogP contribution in [0.25, 0.3) is 22.5 Å². The molecule has 6 rings (SSSR count). The summed E-state index contributed by atoms with van der Waals surface area (Å²) in [5.41, 5.74) is 3.67. The summed E-state index contributed by atoms with van der Waals surface area (Å²) in [7, 11) is 2.12. The normalized spacial score (nSPS) is 22.3. The molecule has 5 nitrogen and oxygen atoms in total. The summed E-state index contributed by atoms with van der Waals surface area (Å²) in [6, 6.07) is 14.8. The molecule has 0 bridgehead atoms. The van der Waals surface area contributed by atoms with E-state index in [4.69, 9.17) is 16.3 Å². The van der Waals surface area contributed by atoms with Crippen LogP contribution < -0.4 is 20.3 Å². The predicted molar refractivity (Wildman–Crippen MR) is 134 cm³/mol. The summed E-state index contributed by atoms with van der Waals surface area (Å²) < 4.78 is 6.40. The summed E-state index contributed by atoms with van der Waals surface area (Å²) in [5.74, 6) is 1.37. The summed E-state index contributed by atoms with van der Waals surface area (Å²) in [4.78, 5) is 5.89. The van der Waals surface area contributed by atoms with E-state index in [2.05, 4.69) is 75.7 Å². The first-order valence-electron chi connectivity index (χ1n) is 11.7. The van der Waals surface area contributed by atoms with E-state index in [1.54, 1.807) is 0 Å². The molecule has 0 atom stereocenters. The van der Waals surface area contributed by atoms with E-state index in [1.165, 1.54) is 27.6 Å². The summed E-state index contributed by atoms with van der Waals surface area (Å²) in [6.07, 6.45) is 8.36. The second-order valence-corrected chi connectivity index (χ2v) is 9.64. The van der Waals surface area contributed by atoms with Crippen molar-refractivity contribution in [3.05, 3.63) is 69.8 Å². The molecule has 1 fully saturated rings. The van der Waals surface area contributed by atoms with Crippen molar-refractivity contribution in [2.24, 2.45) is 16.1 Å². The SMILES string of the molecule is CN1CC=C(Cl)C([C@H]2CC[C@H](Oc3ccc4ccccc4c3)CC2)=c2[nH]c3c(c21)CN=NC=3. The maximum atomic E-state index is 6.89. The van der Waals surface area contributed by atoms with Crippen molar-refractivity contribution in [3.8, 4) is 5.75 Å². The number of benzene rings is 2. The fourth-order valence-corrected chi connectivity index (χ4v) is 5.80. The number of azo groups is 1. The van der Waals surface area contributed by atoms with E-state index in [0.29, 0.717) is 12.5 Å². The Bertz CT molecular complexity index is 1400. The van der Waals surface area contributed by atoms with Gasteiger partial charge in [-0.25, -0.2) is 0 Å². The van der Waals surface area contributed by atoms with Gasteiger partial charge >= 0.3 is 0 Å². The van der Waals surface area contributed by atoms with Crippen LogP contribution in [0.15, 0.2) is 63.8 Å². The van der Waals surface area contributed by atoms with Gasteiger partial charge in [-0.05, 0) is 66.2 Å². The first-order chi connectivity index (χ1) is 16.2. The number of H-pyrrole nitrogens is 1. The fourth-order valence-electron chi connectivity index (χ4n) is 5.48. The van der Waals surface area contributed by atoms with Crippen LogP contribution in [0.1, 0.15) is 31.2 Å². The van der Waals surface area contributed by atoms with Crippen LogP contribution in [0.2, 0.25) is 0 Å². The van der Waals surface area contributed by atoms with Gasteiger partial charge < -0.3 is 14.6 Å². The average Bonchev–Trinajstić information content (AvgIpc) is 3.17. The molecule has 1 N–H and O–H groups in total. The minimum atomic E-state index is 0.237. The maximum absolute atomic E-state index is 6.89. The second-order valence-electron chi connectivity index (χ2n) is 9.23. The van der Waals surface area contributed by atoms with E-state index in [9.17, 15) is 0 Å². The summed E-state index contributed by atoms with van der Waals surface area (Å²) in [5, 5.41) is 13.9. The van der Waals surface area contributed by atoms with Crippen LogP contribution in [0, 0.1) is 5.92 Å². The van der Waals surface area contributed by atoms with Gasteiger partial charge in [0, 0.05) is 24.2 Å². The predicted octanol–water partition coefficient (Wildman–Crippen LogP) is 5.23. The zero-order valence-corrected chi connectivity index (χ0v) is 19.5. The number of ether oxygens (including phenoxy) is 1. The molecule has 3 heterocycles. The Kier molecular flexibility index (Phi) is 5.22. The van der Waals surface area contributed by atoms with Gasteiger partial charge in [-0.1, -0.05) is 41.9 Å². The number of halogens is 1. The van der Waals surface area contributed by atoms with Crippen LogP contribution in [0.3, 0.4) is 0 Å². The Labute approximate surface area is 198 Å². The highest BCUT2D eigenvalue weighted by Gasteiger charge is 2.30. The standard InChI is InChI=1S/C27H27ClN4O/c1-32-13-12-23(28)25(26-27(32)22-15-29-30-16-24(22)31-26)18-7-9-20(10-8-18)33-21-11-6-17-4-2-3-5-19(17)14-21/h2-6,11-12,14,16,18,20,31H,7-10,13,15H2,1H3/t18-,20-. The van der Waals surface area contributed by atoms with Crippen LogP contribution in [-0.2, 0) is 6.54 Å². The number of nitrogens with zero attached hydrogens (tertiary/aromatic N) is 3. The molecule has 0 saturated heterocycles. The third kappa shape index (κ3) is 3.74. The number of aromatic nitrogens is 1. The number of allylic oxidation sites excluding steroid dienone is 1. The smallest absolute Gasteiger partial charge is 0.120 e. The average molecular weight is 459 g/mol. The molecule has 0 amide bonds. The Morgan fingerprint density at radius 2 is 1.88 bits per heavy atom. The van der Waals surface area contributed by atoms with Crippen molar-refractivity contribution in [1.29, 1.82) is 0 Å². The molecule has 1 saturated carbocycles. The summed E-state index contributed by atoms with van der Waals surface area (Å²) >= 11 is 6.89. The van der Waals surface area contributed by atoms with E-state index in [1.807, 2.05) is 6.20 Å². The van der Waals surface area contributed by atoms with Gasteiger partial charge in [0.1, 0.15) is 5.75 Å². The molecule has 6 heteroatoms. The monoisotopic (exact) mass is 458 g/mol. The molecular weight excluding hydrogens is 432 g/mol. The molecule has 2 aliphatic heterocycles. The molecule has 0 unspecified atom stereocenters. The van der Waals surface area contributed by atoms with Crippen molar-refractivity contribution in [1.82, 2.24) is 4.98 Å². The first kappa shape index (κ1) is 20.5. The number of rotatable bonds is 3. The quantitative estimate of drug-likeness (QED) is 0.584. The highest BCUT2D eigenvalue weighted by molar-refractivity contribution is 6.36. The zero-order chi connectivity index (χ0) is 22.4. The Hall–Kier alpha value is -3.05. The number of hydrogen-bond donors (Lipinski definition) is 1. The van der Waals surface area contributed by atoms with Gasteiger partial charge in [-0.2, -0.15) is 10.2 Å². The van der Waals surface area contributed by atoms with Crippen molar-refractivity contribution >= 4 is 39.8 Å². The number of hydrogen-bond acceptors (Lipinski definition) is 4. The minimum absolute atomic E-state index is 0.237. The van der Waals surface area contributed by atoms with Crippen LogP contribution >= 0.6 is 11.6 Å². The molecule has 3 aliphatic rings. The number of nitrogens with one attached hydrogen (secondary N) is 1. The Morgan fingerprint density at radius 1 is 1.06 bits per heavy atom. The third-order valence-electron chi connectivity index (χ3n) is 7.16. The van der Waals surface area contributed by atoms with Crippen LogP contribution in [-0.4, -0.2) is 24.7 Å². The van der Waals surface area contributed by atoms with E-state index in [0.717, 1.165) is 53.7 Å². The van der Waals surface area contributed by atoms with E-state index < -0.39 is 0 Å². The van der Waals surface area contributed by atoms with Gasteiger partial charge in [-0.15, -0.1) is 0 Å². The Morgan fingerprint density at radius 3 is 2.73 bits per heavy atom. The second kappa shape index (κ2) is 8.38. The molecule has 168 valence electrons. The van der Waals surface area contributed by atoms with E-state index >= 15 is 0 Å². The minimum Gasteiger partial charge on any atom is -0.490 e. The summed E-state index contributed by atoms with van der Waals surface area (Å²) in [6.45, 7) is 1.40. The van der Waals surface area contributed by atoms with Crippen molar-refractivity contribution < 1.29 is 4.74 Å². The molecule has 2 aromatic carbocycles. The van der Waals surface area contributed by atoms with Gasteiger partial charge in [-0.3, -0.25) is 0 Å². The molecular formula is C27H27ClN4O. The lowest BCUT2D eigenvalue weighted by Crippen LogP contribution is -2.28. The van der Waals surface area contributed by atoms with Crippen LogP contribution in [0.5, 0.6) is 5.75 Å². The topological polar surface area (TPSA) is 53.0 Å². The molecule has 0 radical (unpaired) electrons. The van der Waals surface area contributed by atoms with E-state index in [-0.39, 0.29) is 6.10 Å². The highest BCUT2D eigenvalue weighted by Crippen LogP contribution is 2.38. The molecule has 3 aromatic rings.